The summed E-state index contributed by atoms with van der Waals surface area (Å²) in [6, 6.07) is -0.0140. The van der Waals surface area contributed by atoms with Gasteiger partial charge in [0, 0.05) is 31.3 Å². The van der Waals surface area contributed by atoms with Gasteiger partial charge in [0.25, 0.3) is 0 Å². The van der Waals surface area contributed by atoms with Gasteiger partial charge in [-0.3, -0.25) is 4.79 Å². The molecule has 1 fully saturated rings. The van der Waals surface area contributed by atoms with Gasteiger partial charge in [-0.25, -0.2) is 8.78 Å². The van der Waals surface area contributed by atoms with Gasteiger partial charge in [-0.15, -0.1) is 0 Å². The molecule has 0 aromatic rings. The van der Waals surface area contributed by atoms with E-state index in [1.165, 1.54) is 0 Å². The van der Waals surface area contributed by atoms with Gasteiger partial charge in [0.05, 0.1) is 0 Å². The lowest BCUT2D eigenvalue weighted by atomic mass is 9.86. The molecule has 1 aliphatic carbocycles. The Morgan fingerprint density at radius 3 is 2.56 bits per heavy atom. The van der Waals surface area contributed by atoms with E-state index in [1.807, 2.05) is 0 Å². The van der Waals surface area contributed by atoms with Crippen LogP contribution in [0, 0.1) is 5.92 Å². The average molecular weight is 262 g/mol. The van der Waals surface area contributed by atoms with Crippen molar-refractivity contribution in [1.82, 2.24) is 5.32 Å². The summed E-state index contributed by atoms with van der Waals surface area (Å²) in [6.07, 6.45) is 3.16. The van der Waals surface area contributed by atoms with Crippen molar-refractivity contribution in [1.29, 1.82) is 0 Å². The minimum atomic E-state index is -2.58. The Hall–Kier alpha value is -0.710. The summed E-state index contributed by atoms with van der Waals surface area (Å²) in [5.41, 5.74) is 5.60. The molecule has 3 nitrogen and oxygen atoms in total. The molecule has 1 aliphatic rings. The van der Waals surface area contributed by atoms with Crippen molar-refractivity contribution < 1.29 is 13.6 Å². The lowest BCUT2D eigenvalue weighted by Crippen LogP contribution is -2.44. The maximum absolute atomic E-state index is 13.0. The monoisotopic (exact) mass is 262 g/mol. The van der Waals surface area contributed by atoms with Gasteiger partial charge < -0.3 is 11.1 Å². The van der Waals surface area contributed by atoms with E-state index in [0.717, 1.165) is 19.3 Å². The molecular formula is C13H24F2N2O. The molecule has 106 valence electrons. The molecule has 3 N–H and O–H groups in total. The van der Waals surface area contributed by atoms with Crippen molar-refractivity contribution in [2.45, 2.75) is 63.8 Å². The van der Waals surface area contributed by atoms with E-state index in [9.17, 15) is 13.6 Å². The smallest absolute Gasteiger partial charge is 0.248 e. The molecule has 18 heavy (non-hydrogen) atoms. The van der Waals surface area contributed by atoms with Gasteiger partial charge >= 0.3 is 0 Å². The highest BCUT2D eigenvalue weighted by Gasteiger charge is 2.37. The summed E-state index contributed by atoms with van der Waals surface area (Å²) in [5, 5.41) is 2.89. The minimum absolute atomic E-state index is 0.0140. The van der Waals surface area contributed by atoms with Crippen molar-refractivity contribution in [3.63, 3.8) is 0 Å². The number of hydrogen-bond acceptors (Lipinski definition) is 2. The van der Waals surface area contributed by atoms with Crippen LogP contribution in [0.25, 0.3) is 0 Å². The fourth-order valence-corrected chi connectivity index (χ4v) is 2.32. The summed E-state index contributed by atoms with van der Waals surface area (Å²) in [4.78, 5) is 11.9. The molecule has 0 heterocycles. The molecule has 0 saturated heterocycles. The van der Waals surface area contributed by atoms with Crippen molar-refractivity contribution in [2.75, 3.05) is 6.54 Å². The van der Waals surface area contributed by atoms with E-state index >= 15 is 0 Å². The van der Waals surface area contributed by atoms with Crippen LogP contribution in [0.5, 0.6) is 0 Å². The number of nitrogens with one attached hydrogen (secondary N) is 1. The van der Waals surface area contributed by atoms with Crippen molar-refractivity contribution in [3.8, 4) is 0 Å². The Kier molecular flexibility index (Phi) is 5.99. The van der Waals surface area contributed by atoms with Gasteiger partial charge in [-0.2, -0.15) is 0 Å². The topological polar surface area (TPSA) is 55.1 Å². The highest BCUT2D eigenvalue weighted by atomic mass is 19.3. The fourth-order valence-electron chi connectivity index (χ4n) is 2.32. The average Bonchev–Trinajstić information content (AvgIpc) is 2.34. The molecule has 1 amide bonds. The van der Waals surface area contributed by atoms with Crippen LogP contribution in [0.4, 0.5) is 8.78 Å². The van der Waals surface area contributed by atoms with Gasteiger partial charge in [-0.05, 0) is 19.3 Å². The number of nitrogens with two attached hydrogens (primary N) is 1. The van der Waals surface area contributed by atoms with Crippen LogP contribution in [0.3, 0.4) is 0 Å². The third-order valence-corrected chi connectivity index (χ3v) is 3.62. The zero-order valence-corrected chi connectivity index (χ0v) is 11.1. The van der Waals surface area contributed by atoms with E-state index in [2.05, 4.69) is 12.2 Å². The zero-order chi connectivity index (χ0) is 13.6. The predicted octanol–water partition coefficient (Wildman–Crippen LogP) is 2.45. The predicted molar refractivity (Wildman–Crippen MR) is 67.4 cm³/mol. The second-order valence-corrected chi connectivity index (χ2v) is 5.21. The number of hydrogen-bond donors (Lipinski definition) is 2. The van der Waals surface area contributed by atoms with E-state index in [0.29, 0.717) is 6.54 Å². The molecule has 1 rings (SSSR count). The Bertz CT molecular complexity index is 262. The lowest BCUT2D eigenvalue weighted by Gasteiger charge is -2.28. The highest BCUT2D eigenvalue weighted by molar-refractivity contribution is 5.79. The first-order chi connectivity index (χ1) is 8.48. The maximum Gasteiger partial charge on any atom is 0.248 e. The number of rotatable bonds is 6. The molecule has 1 atom stereocenters. The van der Waals surface area contributed by atoms with Crippen molar-refractivity contribution in [2.24, 2.45) is 11.7 Å². The Balaban J connectivity index is 2.36. The Labute approximate surface area is 107 Å². The maximum atomic E-state index is 13.0. The molecule has 0 aliphatic heterocycles. The van der Waals surface area contributed by atoms with E-state index in [-0.39, 0.29) is 43.6 Å². The molecule has 0 aromatic heterocycles. The highest BCUT2D eigenvalue weighted by Crippen LogP contribution is 2.36. The second-order valence-electron chi connectivity index (χ2n) is 5.21. The van der Waals surface area contributed by atoms with Crippen LogP contribution in [0.15, 0.2) is 0 Å². The second kappa shape index (κ2) is 7.02. The molecule has 0 bridgehead atoms. The summed E-state index contributed by atoms with van der Waals surface area (Å²) in [5.74, 6) is -2.94. The van der Waals surface area contributed by atoms with Crippen LogP contribution >= 0.6 is 0 Å². The summed E-state index contributed by atoms with van der Waals surface area (Å²) in [6.45, 7) is 2.49. The number of carbonyl (C=O) groups is 1. The standard InChI is InChI=1S/C13H24F2N2O/c1-2-3-4-11(9-16)17-12(18)10-5-7-13(14,15)8-6-10/h10-11H,2-9,16H2,1H3,(H,17,18). The minimum Gasteiger partial charge on any atom is -0.352 e. The molecule has 0 aromatic carbocycles. The van der Waals surface area contributed by atoms with Crippen molar-refractivity contribution >= 4 is 5.91 Å². The molecule has 1 unspecified atom stereocenters. The Morgan fingerprint density at radius 2 is 2.06 bits per heavy atom. The number of alkyl halides is 2. The quantitative estimate of drug-likeness (QED) is 0.772. The third kappa shape index (κ3) is 4.88. The molecular weight excluding hydrogens is 238 g/mol. The first kappa shape index (κ1) is 15.3. The SMILES string of the molecule is CCCCC(CN)NC(=O)C1CCC(F)(F)CC1. The number of amides is 1. The number of carbonyl (C=O) groups excluding carboxylic acids is 1. The van der Waals surface area contributed by atoms with E-state index in [1.54, 1.807) is 0 Å². The van der Waals surface area contributed by atoms with Crippen molar-refractivity contribution in [3.05, 3.63) is 0 Å². The van der Waals surface area contributed by atoms with E-state index in [4.69, 9.17) is 5.73 Å². The Morgan fingerprint density at radius 1 is 1.44 bits per heavy atom. The molecule has 1 saturated carbocycles. The van der Waals surface area contributed by atoms with Crippen LogP contribution in [-0.2, 0) is 4.79 Å². The first-order valence-corrected chi connectivity index (χ1v) is 6.86. The van der Waals surface area contributed by atoms with Gasteiger partial charge in [0.15, 0.2) is 0 Å². The third-order valence-electron chi connectivity index (χ3n) is 3.62. The first-order valence-electron chi connectivity index (χ1n) is 6.86. The zero-order valence-electron chi connectivity index (χ0n) is 11.1. The summed E-state index contributed by atoms with van der Waals surface area (Å²) in [7, 11) is 0. The van der Waals surface area contributed by atoms with Crippen LogP contribution < -0.4 is 11.1 Å². The summed E-state index contributed by atoms with van der Waals surface area (Å²) < 4.78 is 26.0. The van der Waals surface area contributed by atoms with Gasteiger partial charge in [-0.1, -0.05) is 19.8 Å². The molecule has 0 radical (unpaired) electrons. The largest absolute Gasteiger partial charge is 0.352 e. The normalized spacial score (nSPS) is 21.6. The number of halogens is 2. The van der Waals surface area contributed by atoms with Crippen LogP contribution in [-0.4, -0.2) is 24.4 Å². The lowest BCUT2D eigenvalue weighted by molar-refractivity contribution is -0.129. The van der Waals surface area contributed by atoms with Gasteiger partial charge in [0.2, 0.25) is 11.8 Å². The number of unbranched alkanes of at least 4 members (excludes halogenated alkanes) is 1. The molecule has 5 heteroatoms. The van der Waals surface area contributed by atoms with Crippen LogP contribution in [0.1, 0.15) is 51.9 Å². The van der Waals surface area contributed by atoms with Gasteiger partial charge in [0.1, 0.15) is 0 Å². The molecule has 0 spiro atoms. The van der Waals surface area contributed by atoms with Crippen LogP contribution in [0.2, 0.25) is 0 Å². The summed E-state index contributed by atoms with van der Waals surface area (Å²) >= 11 is 0. The van der Waals surface area contributed by atoms with E-state index < -0.39 is 5.92 Å². The fraction of sp³-hybridized carbons (Fsp3) is 0.923.